The lowest BCUT2D eigenvalue weighted by Gasteiger charge is -2.21. The highest BCUT2D eigenvalue weighted by Gasteiger charge is 2.25. The van der Waals surface area contributed by atoms with Gasteiger partial charge in [-0.1, -0.05) is 6.92 Å². The number of fused-ring (bicyclic) bond motifs is 1. The molecule has 1 aromatic rings. The Hall–Kier alpha value is -2.50. The van der Waals surface area contributed by atoms with Crippen LogP contribution in [-0.2, 0) is 9.59 Å². The van der Waals surface area contributed by atoms with Crippen molar-refractivity contribution in [2.75, 3.05) is 19.8 Å². The van der Waals surface area contributed by atoms with E-state index in [0.29, 0.717) is 30.9 Å². The molecule has 6 heteroatoms. The second-order valence-electron chi connectivity index (χ2n) is 6.32. The molecule has 0 unspecified atom stereocenters. The molecular weight excluding hydrogens is 320 g/mol. The van der Waals surface area contributed by atoms with Gasteiger partial charge in [0.25, 0.3) is 5.91 Å². The third-order valence-electron chi connectivity index (χ3n) is 4.30. The lowest BCUT2D eigenvalue weighted by molar-refractivity contribution is -0.127. The minimum atomic E-state index is -0.470. The highest BCUT2D eigenvalue weighted by atomic mass is 16.5. The first-order chi connectivity index (χ1) is 12.2. The average Bonchev–Trinajstić information content (AvgIpc) is 2.83. The number of hydrogen-bond donors (Lipinski definition) is 2. The summed E-state index contributed by atoms with van der Waals surface area (Å²) < 4.78 is 11.3. The van der Waals surface area contributed by atoms with Gasteiger partial charge in [-0.25, -0.2) is 0 Å². The molecule has 1 aromatic carbocycles. The Labute approximate surface area is 147 Å². The van der Waals surface area contributed by atoms with Gasteiger partial charge in [0.05, 0.1) is 12.2 Å². The Bertz CT molecular complexity index is 684. The van der Waals surface area contributed by atoms with Crippen LogP contribution in [0.25, 0.3) is 6.08 Å². The van der Waals surface area contributed by atoms with Crippen LogP contribution in [0.2, 0.25) is 0 Å². The molecule has 1 fully saturated rings. The molecule has 134 valence electrons. The summed E-state index contributed by atoms with van der Waals surface area (Å²) in [6.45, 7) is 3.57. The lowest BCUT2D eigenvalue weighted by atomic mass is 10.1. The van der Waals surface area contributed by atoms with Crippen LogP contribution in [0, 0.1) is 0 Å². The number of rotatable bonds is 5. The van der Waals surface area contributed by atoms with Gasteiger partial charge in [-0.3, -0.25) is 9.59 Å². The molecule has 25 heavy (non-hydrogen) atoms. The molecule has 2 amide bonds. The van der Waals surface area contributed by atoms with E-state index in [1.807, 2.05) is 24.3 Å². The zero-order valence-corrected chi connectivity index (χ0v) is 14.5. The summed E-state index contributed by atoms with van der Waals surface area (Å²) in [6.07, 6.45) is 5.28. The maximum atomic E-state index is 12.5. The normalized spacial score (nSPS) is 19.6. The van der Waals surface area contributed by atoms with Crippen molar-refractivity contribution in [3.63, 3.8) is 0 Å². The lowest BCUT2D eigenvalue weighted by Crippen LogP contribution is -2.46. The van der Waals surface area contributed by atoms with E-state index in [0.717, 1.165) is 30.6 Å². The van der Waals surface area contributed by atoms with Gasteiger partial charge in [-0.15, -0.1) is 0 Å². The van der Waals surface area contributed by atoms with Crippen molar-refractivity contribution < 1.29 is 19.1 Å². The maximum Gasteiger partial charge on any atom is 0.251 e. The van der Waals surface area contributed by atoms with Crippen LogP contribution < -0.4 is 20.1 Å². The van der Waals surface area contributed by atoms with Gasteiger partial charge in [-0.05, 0) is 43.9 Å². The number of ether oxygens (including phenoxy) is 2. The number of carbonyl (C=O) groups is 2. The van der Waals surface area contributed by atoms with Crippen LogP contribution in [0.3, 0.4) is 0 Å². The fraction of sp³-hybridized carbons (Fsp3) is 0.474. The third-order valence-corrected chi connectivity index (χ3v) is 4.30. The second kappa shape index (κ2) is 8.05. The number of hydrogen-bond acceptors (Lipinski definition) is 4. The molecule has 1 saturated heterocycles. The molecule has 1 atom stereocenters. The highest BCUT2D eigenvalue weighted by Crippen LogP contribution is 2.30. The van der Waals surface area contributed by atoms with Crippen molar-refractivity contribution in [2.45, 2.75) is 38.6 Å². The minimum absolute atomic E-state index is 0.110. The van der Waals surface area contributed by atoms with Crippen molar-refractivity contribution in [1.29, 1.82) is 0 Å². The van der Waals surface area contributed by atoms with Gasteiger partial charge in [-0.2, -0.15) is 0 Å². The predicted molar refractivity (Wildman–Crippen MR) is 94.5 cm³/mol. The number of amides is 2. The Balaban J connectivity index is 1.68. The summed E-state index contributed by atoms with van der Waals surface area (Å²) in [5, 5.41) is 5.65. The van der Waals surface area contributed by atoms with E-state index in [1.165, 1.54) is 0 Å². The molecule has 0 bridgehead atoms. The molecule has 2 aliphatic heterocycles. The first-order valence-electron chi connectivity index (χ1n) is 8.86. The number of carbonyl (C=O) groups excluding carboxylic acids is 2. The van der Waals surface area contributed by atoms with Gasteiger partial charge in [0, 0.05) is 18.2 Å². The zero-order chi connectivity index (χ0) is 17.6. The molecule has 2 aliphatic rings. The van der Waals surface area contributed by atoms with Crippen LogP contribution in [0.15, 0.2) is 23.8 Å². The van der Waals surface area contributed by atoms with Crippen LogP contribution in [0.1, 0.15) is 38.2 Å². The summed E-state index contributed by atoms with van der Waals surface area (Å²) >= 11 is 0. The summed E-state index contributed by atoms with van der Waals surface area (Å²) in [4.78, 5) is 24.4. The molecule has 2 heterocycles. The maximum absolute atomic E-state index is 12.5. The van der Waals surface area contributed by atoms with Crippen molar-refractivity contribution >= 4 is 17.9 Å². The van der Waals surface area contributed by atoms with Crippen molar-refractivity contribution in [3.05, 3.63) is 29.3 Å². The average molecular weight is 344 g/mol. The number of nitrogens with one attached hydrogen (secondary N) is 2. The van der Waals surface area contributed by atoms with Crippen LogP contribution in [0.5, 0.6) is 11.5 Å². The molecule has 0 saturated carbocycles. The van der Waals surface area contributed by atoms with Gasteiger partial charge in [0.1, 0.15) is 24.1 Å². The summed E-state index contributed by atoms with van der Waals surface area (Å²) in [5.74, 6) is 1.11. The Morgan fingerprint density at radius 1 is 1.40 bits per heavy atom. The van der Waals surface area contributed by atoms with Crippen LogP contribution >= 0.6 is 0 Å². The van der Waals surface area contributed by atoms with Crippen LogP contribution in [-0.4, -0.2) is 37.6 Å². The van der Waals surface area contributed by atoms with Crippen molar-refractivity contribution in [3.8, 4) is 11.5 Å². The molecule has 0 spiro atoms. The third kappa shape index (κ3) is 4.32. The topological polar surface area (TPSA) is 76.7 Å². The van der Waals surface area contributed by atoms with E-state index in [4.69, 9.17) is 9.47 Å². The monoisotopic (exact) mass is 344 g/mol. The molecule has 0 radical (unpaired) electrons. The SMILES string of the molecule is CCCOc1ccc2c(c1)OCC(C(=O)N[C@H]1CCCCNC1=O)=C2. The molecule has 0 aliphatic carbocycles. The quantitative estimate of drug-likeness (QED) is 0.857. The first-order valence-corrected chi connectivity index (χ1v) is 8.86. The summed E-state index contributed by atoms with van der Waals surface area (Å²) in [6, 6.07) is 5.12. The smallest absolute Gasteiger partial charge is 0.251 e. The van der Waals surface area contributed by atoms with Crippen LogP contribution in [0.4, 0.5) is 0 Å². The Kier molecular flexibility index (Phi) is 5.58. The summed E-state index contributed by atoms with van der Waals surface area (Å²) in [5.41, 5.74) is 1.36. The molecule has 6 nitrogen and oxygen atoms in total. The fourth-order valence-corrected chi connectivity index (χ4v) is 2.91. The first kappa shape index (κ1) is 17.3. The van der Waals surface area contributed by atoms with E-state index in [2.05, 4.69) is 17.6 Å². The molecule has 0 aromatic heterocycles. The Morgan fingerprint density at radius 2 is 2.28 bits per heavy atom. The Morgan fingerprint density at radius 3 is 3.12 bits per heavy atom. The van der Waals surface area contributed by atoms with Crippen molar-refractivity contribution in [2.24, 2.45) is 0 Å². The van der Waals surface area contributed by atoms with Gasteiger partial charge >= 0.3 is 0 Å². The predicted octanol–water partition coefficient (Wildman–Crippen LogP) is 2.04. The number of benzene rings is 1. The molecule has 2 N–H and O–H groups in total. The van der Waals surface area contributed by atoms with E-state index >= 15 is 0 Å². The largest absolute Gasteiger partial charge is 0.493 e. The molecular formula is C19H24N2O4. The minimum Gasteiger partial charge on any atom is -0.493 e. The van der Waals surface area contributed by atoms with E-state index < -0.39 is 6.04 Å². The highest BCUT2D eigenvalue weighted by molar-refractivity contribution is 6.01. The zero-order valence-electron chi connectivity index (χ0n) is 14.5. The van der Waals surface area contributed by atoms with E-state index in [-0.39, 0.29) is 18.4 Å². The standard InChI is InChI=1S/C19H24N2O4/c1-2-9-24-15-7-6-13-10-14(12-25-17(13)11-15)18(22)21-16-5-3-4-8-20-19(16)23/h6-7,10-11,16H,2-5,8-9,12H2,1H3,(H,20,23)(H,21,22)/t16-/m0/s1. The summed E-state index contributed by atoms with van der Waals surface area (Å²) in [7, 11) is 0. The van der Waals surface area contributed by atoms with Crippen molar-refractivity contribution in [1.82, 2.24) is 10.6 Å². The van der Waals surface area contributed by atoms with Gasteiger partial charge < -0.3 is 20.1 Å². The second-order valence-corrected chi connectivity index (χ2v) is 6.32. The molecule has 3 rings (SSSR count). The van der Waals surface area contributed by atoms with Gasteiger partial charge in [0.15, 0.2) is 0 Å². The van der Waals surface area contributed by atoms with E-state index in [9.17, 15) is 9.59 Å². The fourth-order valence-electron chi connectivity index (χ4n) is 2.91. The van der Waals surface area contributed by atoms with E-state index in [1.54, 1.807) is 0 Å². The van der Waals surface area contributed by atoms with Gasteiger partial charge in [0.2, 0.25) is 5.91 Å².